The molecule has 2 aromatic carbocycles. The smallest absolute Gasteiger partial charge is 0.277 e. The number of rotatable bonds is 4. The van der Waals surface area contributed by atoms with E-state index in [4.69, 9.17) is 5.73 Å². The topological polar surface area (TPSA) is 98.3 Å². The fraction of sp³-hybridized carbons (Fsp3) is 0.133. The number of carbonyl (C=O) groups excluding carboxylic acids is 1. The van der Waals surface area contributed by atoms with Gasteiger partial charge in [-0.1, -0.05) is 12.1 Å². The van der Waals surface area contributed by atoms with E-state index >= 15 is 0 Å². The van der Waals surface area contributed by atoms with Crippen molar-refractivity contribution >= 4 is 17.3 Å². The summed E-state index contributed by atoms with van der Waals surface area (Å²) in [6, 6.07) is 11.3. The molecule has 0 radical (unpaired) electrons. The molecular weight excluding hydrogens is 270 g/mol. The van der Waals surface area contributed by atoms with E-state index in [0.29, 0.717) is 23.4 Å². The average molecular weight is 285 g/mol. The first-order valence-electron chi connectivity index (χ1n) is 6.45. The number of nitrogens with one attached hydrogen (secondary N) is 1. The van der Waals surface area contributed by atoms with Crippen LogP contribution in [0.4, 0.5) is 11.4 Å². The quantitative estimate of drug-likeness (QED) is 0.512. The minimum atomic E-state index is -0.499. The molecule has 1 amide bonds. The Balaban J connectivity index is 2.52. The van der Waals surface area contributed by atoms with Crippen LogP contribution in [-0.4, -0.2) is 17.4 Å². The Kier molecular flexibility index (Phi) is 4.18. The highest BCUT2D eigenvalue weighted by Gasteiger charge is 2.18. The standard InChI is InChI=1S/C15H15N3O3/c1-2-17-15(19)11-6-7-13(14(9-11)18(20)21)10-4-3-5-12(16)8-10/h3-9H,2,16H2,1H3,(H,17,19). The predicted octanol–water partition coefficient (Wildman–Crippen LogP) is 2.59. The van der Waals surface area contributed by atoms with Gasteiger partial charge in [0.05, 0.1) is 10.5 Å². The van der Waals surface area contributed by atoms with Gasteiger partial charge in [0, 0.05) is 23.9 Å². The molecule has 6 nitrogen and oxygen atoms in total. The van der Waals surface area contributed by atoms with Crippen LogP contribution in [0.5, 0.6) is 0 Å². The number of hydrogen-bond donors (Lipinski definition) is 2. The summed E-state index contributed by atoms with van der Waals surface area (Å²) in [5.41, 5.74) is 7.44. The zero-order valence-corrected chi connectivity index (χ0v) is 11.5. The van der Waals surface area contributed by atoms with Gasteiger partial charge >= 0.3 is 0 Å². The fourth-order valence-corrected chi connectivity index (χ4v) is 2.04. The summed E-state index contributed by atoms with van der Waals surface area (Å²) in [5, 5.41) is 13.9. The Hall–Kier alpha value is -2.89. The number of nitrogens with two attached hydrogens (primary N) is 1. The molecule has 0 bridgehead atoms. The van der Waals surface area contributed by atoms with Gasteiger partial charge in [-0.3, -0.25) is 14.9 Å². The van der Waals surface area contributed by atoms with Crippen LogP contribution in [0.3, 0.4) is 0 Å². The molecule has 0 aliphatic heterocycles. The van der Waals surface area contributed by atoms with Crippen molar-refractivity contribution in [2.75, 3.05) is 12.3 Å². The second-order valence-electron chi connectivity index (χ2n) is 4.47. The molecule has 2 rings (SSSR count). The molecule has 0 spiro atoms. The SMILES string of the molecule is CCNC(=O)c1ccc(-c2cccc(N)c2)c([N+](=O)[O-])c1. The molecular formula is C15H15N3O3. The van der Waals surface area contributed by atoms with E-state index < -0.39 is 4.92 Å². The molecule has 21 heavy (non-hydrogen) atoms. The van der Waals surface area contributed by atoms with Gasteiger partial charge < -0.3 is 11.1 Å². The minimum absolute atomic E-state index is 0.121. The number of nitro groups is 1. The van der Waals surface area contributed by atoms with Gasteiger partial charge in [0.15, 0.2) is 0 Å². The van der Waals surface area contributed by atoms with Gasteiger partial charge in [-0.2, -0.15) is 0 Å². The van der Waals surface area contributed by atoms with Crippen molar-refractivity contribution < 1.29 is 9.72 Å². The molecule has 0 aromatic heterocycles. The number of carbonyl (C=O) groups is 1. The number of nitrogen functional groups attached to an aromatic ring is 1. The first-order valence-corrected chi connectivity index (χ1v) is 6.45. The van der Waals surface area contributed by atoms with Crippen LogP contribution < -0.4 is 11.1 Å². The number of benzene rings is 2. The van der Waals surface area contributed by atoms with Gasteiger partial charge in [0.25, 0.3) is 11.6 Å². The Morgan fingerprint density at radius 3 is 2.67 bits per heavy atom. The summed E-state index contributed by atoms with van der Waals surface area (Å²) in [6.45, 7) is 2.25. The van der Waals surface area contributed by atoms with Crippen LogP contribution in [0.15, 0.2) is 42.5 Å². The summed E-state index contributed by atoms with van der Waals surface area (Å²) < 4.78 is 0. The van der Waals surface area contributed by atoms with E-state index in [0.717, 1.165) is 0 Å². The van der Waals surface area contributed by atoms with E-state index in [1.54, 1.807) is 43.3 Å². The zero-order valence-electron chi connectivity index (χ0n) is 11.5. The molecule has 0 atom stereocenters. The maximum atomic E-state index is 11.8. The molecule has 0 saturated carbocycles. The summed E-state index contributed by atoms with van der Waals surface area (Å²) >= 11 is 0. The third-order valence-electron chi connectivity index (χ3n) is 2.99. The lowest BCUT2D eigenvalue weighted by Gasteiger charge is -2.07. The Morgan fingerprint density at radius 2 is 2.05 bits per heavy atom. The van der Waals surface area contributed by atoms with Crippen LogP contribution in [0, 0.1) is 10.1 Å². The summed E-state index contributed by atoms with van der Waals surface area (Å²) in [6.07, 6.45) is 0. The summed E-state index contributed by atoms with van der Waals surface area (Å²) in [4.78, 5) is 22.5. The number of hydrogen-bond acceptors (Lipinski definition) is 4. The fourth-order valence-electron chi connectivity index (χ4n) is 2.04. The highest BCUT2D eigenvalue weighted by molar-refractivity contribution is 5.96. The lowest BCUT2D eigenvalue weighted by atomic mass is 10.0. The predicted molar refractivity (Wildman–Crippen MR) is 81.0 cm³/mol. The van der Waals surface area contributed by atoms with Crippen LogP contribution in [-0.2, 0) is 0 Å². The second kappa shape index (κ2) is 6.04. The number of amides is 1. The van der Waals surface area contributed by atoms with Crippen molar-refractivity contribution in [3.05, 3.63) is 58.1 Å². The zero-order chi connectivity index (χ0) is 15.4. The molecule has 0 heterocycles. The maximum absolute atomic E-state index is 11.8. The lowest BCUT2D eigenvalue weighted by molar-refractivity contribution is -0.384. The van der Waals surface area contributed by atoms with E-state index in [1.807, 2.05) is 0 Å². The molecule has 0 saturated heterocycles. The van der Waals surface area contributed by atoms with E-state index in [2.05, 4.69) is 5.32 Å². The normalized spacial score (nSPS) is 10.1. The van der Waals surface area contributed by atoms with Crippen LogP contribution in [0.2, 0.25) is 0 Å². The van der Waals surface area contributed by atoms with Crippen molar-refractivity contribution in [1.82, 2.24) is 5.32 Å². The van der Waals surface area contributed by atoms with E-state index in [1.165, 1.54) is 6.07 Å². The summed E-state index contributed by atoms with van der Waals surface area (Å²) in [5.74, 6) is -0.334. The van der Waals surface area contributed by atoms with E-state index in [9.17, 15) is 14.9 Å². The molecule has 0 aliphatic carbocycles. The third-order valence-corrected chi connectivity index (χ3v) is 2.99. The Morgan fingerprint density at radius 1 is 1.29 bits per heavy atom. The minimum Gasteiger partial charge on any atom is -0.399 e. The van der Waals surface area contributed by atoms with Crippen molar-refractivity contribution in [2.45, 2.75) is 6.92 Å². The largest absolute Gasteiger partial charge is 0.399 e. The van der Waals surface area contributed by atoms with E-state index in [-0.39, 0.29) is 17.2 Å². The first kappa shape index (κ1) is 14.5. The number of nitro benzene ring substituents is 1. The average Bonchev–Trinajstić information content (AvgIpc) is 2.46. The highest BCUT2D eigenvalue weighted by Crippen LogP contribution is 2.31. The molecule has 0 aliphatic rings. The molecule has 0 unspecified atom stereocenters. The second-order valence-corrected chi connectivity index (χ2v) is 4.47. The number of nitrogens with zero attached hydrogens (tertiary/aromatic N) is 1. The van der Waals surface area contributed by atoms with Gasteiger partial charge in [-0.05, 0) is 36.8 Å². The van der Waals surface area contributed by atoms with Crippen molar-refractivity contribution in [1.29, 1.82) is 0 Å². The maximum Gasteiger partial charge on any atom is 0.277 e. The van der Waals surface area contributed by atoms with Crippen LogP contribution in [0.1, 0.15) is 17.3 Å². The van der Waals surface area contributed by atoms with Crippen LogP contribution in [0.25, 0.3) is 11.1 Å². The van der Waals surface area contributed by atoms with Crippen molar-refractivity contribution in [3.63, 3.8) is 0 Å². The Labute approximate surface area is 121 Å². The van der Waals surface area contributed by atoms with Crippen LogP contribution >= 0.6 is 0 Å². The number of anilines is 1. The van der Waals surface area contributed by atoms with Crippen molar-refractivity contribution in [3.8, 4) is 11.1 Å². The molecule has 2 aromatic rings. The Bertz CT molecular complexity index is 698. The monoisotopic (exact) mass is 285 g/mol. The van der Waals surface area contributed by atoms with Gasteiger partial charge in [0.1, 0.15) is 0 Å². The molecule has 6 heteroatoms. The third kappa shape index (κ3) is 3.17. The van der Waals surface area contributed by atoms with Crippen molar-refractivity contribution in [2.24, 2.45) is 0 Å². The molecule has 3 N–H and O–H groups in total. The summed E-state index contributed by atoms with van der Waals surface area (Å²) in [7, 11) is 0. The highest BCUT2D eigenvalue weighted by atomic mass is 16.6. The van der Waals surface area contributed by atoms with Gasteiger partial charge in [0.2, 0.25) is 0 Å². The molecule has 108 valence electrons. The first-order chi connectivity index (χ1) is 10.0. The molecule has 0 fully saturated rings. The lowest BCUT2D eigenvalue weighted by Crippen LogP contribution is -2.22. The van der Waals surface area contributed by atoms with Gasteiger partial charge in [-0.15, -0.1) is 0 Å². The van der Waals surface area contributed by atoms with Gasteiger partial charge in [-0.25, -0.2) is 0 Å².